The van der Waals surface area contributed by atoms with Crippen molar-refractivity contribution in [1.82, 2.24) is 0 Å². The van der Waals surface area contributed by atoms with E-state index in [0.29, 0.717) is 0 Å². The highest BCUT2D eigenvalue weighted by Gasteiger charge is 2.72. The molecule has 0 N–H and O–H groups in total. The Balaban J connectivity index is 0.000000393. The SMILES string of the molecule is C[C@H]1C[C@H](C)OC2(O1)[C@H]1c3ccccc3[C@H]([n+]3ccccc31)C2(C)C.[O-][Cl+3]([O-])([O-])[O-]. The minimum Gasteiger partial charge on any atom is -0.345 e. The van der Waals surface area contributed by atoms with Gasteiger partial charge in [-0.05, 0) is 39.7 Å². The van der Waals surface area contributed by atoms with Crippen molar-refractivity contribution in [2.45, 2.75) is 64.1 Å². The molecule has 8 heteroatoms. The van der Waals surface area contributed by atoms with Gasteiger partial charge in [0.2, 0.25) is 0 Å². The van der Waals surface area contributed by atoms with Crippen LogP contribution in [0.2, 0.25) is 0 Å². The molecule has 4 heterocycles. The van der Waals surface area contributed by atoms with Crippen LogP contribution in [0, 0.1) is 15.7 Å². The summed E-state index contributed by atoms with van der Waals surface area (Å²) in [6, 6.07) is 15.5. The maximum Gasteiger partial charge on any atom is 0.197 e. The zero-order valence-corrected chi connectivity index (χ0v) is 18.2. The summed E-state index contributed by atoms with van der Waals surface area (Å²) in [5.41, 5.74) is 3.89. The fraction of sp³-hybridized carbons (Fsp3) is 0.500. The zero-order valence-electron chi connectivity index (χ0n) is 17.4. The van der Waals surface area contributed by atoms with E-state index in [0.717, 1.165) is 6.42 Å². The number of pyridine rings is 1. The Labute approximate surface area is 178 Å². The van der Waals surface area contributed by atoms with Gasteiger partial charge in [-0.25, -0.2) is 18.6 Å². The Kier molecular flexibility index (Phi) is 5.22. The summed E-state index contributed by atoms with van der Waals surface area (Å²) in [6.45, 7) is 9.00. The van der Waals surface area contributed by atoms with Crippen molar-refractivity contribution < 1.29 is 42.9 Å². The molecule has 1 saturated heterocycles. The van der Waals surface area contributed by atoms with Crippen LogP contribution in [-0.4, -0.2) is 18.0 Å². The average molecular weight is 436 g/mol. The van der Waals surface area contributed by atoms with Crippen molar-refractivity contribution >= 4 is 0 Å². The quantitative estimate of drug-likeness (QED) is 0.500. The molecule has 7 nitrogen and oxygen atoms in total. The van der Waals surface area contributed by atoms with Crippen molar-refractivity contribution in [3.63, 3.8) is 0 Å². The number of benzene rings is 1. The van der Waals surface area contributed by atoms with Crippen molar-refractivity contribution in [3.8, 4) is 0 Å². The second kappa shape index (κ2) is 7.24. The van der Waals surface area contributed by atoms with E-state index in [4.69, 9.17) is 28.1 Å². The first-order valence-electron chi connectivity index (χ1n) is 10.0. The van der Waals surface area contributed by atoms with Crippen LogP contribution in [0.15, 0.2) is 48.7 Å². The van der Waals surface area contributed by atoms with Gasteiger partial charge in [-0.3, -0.25) is 0 Å². The Morgan fingerprint density at radius 3 is 2.03 bits per heavy atom. The van der Waals surface area contributed by atoms with Crippen LogP contribution in [-0.2, 0) is 9.47 Å². The van der Waals surface area contributed by atoms with Gasteiger partial charge in [0, 0.05) is 17.7 Å². The van der Waals surface area contributed by atoms with E-state index < -0.39 is 16.0 Å². The van der Waals surface area contributed by atoms with Crippen LogP contribution < -0.4 is 23.2 Å². The molecule has 4 aliphatic rings. The van der Waals surface area contributed by atoms with Crippen LogP contribution >= 0.6 is 0 Å². The molecule has 2 aromatic rings. The summed E-state index contributed by atoms with van der Waals surface area (Å²) in [5.74, 6) is -0.528. The first-order chi connectivity index (χ1) is 14.0. The standard InChI is InChI=1S/C22H26NO2.ClHO4/c1-14-13-15(2)25-22(24-14)19-16-9-5-6-10-17(16)20(21(22,3)4)23-12-8-7-11-18(19)23;2-1(3,4)5/h5-12,14-15,19-20H,13H2,1-4H3;(H,2,3,4,5)/q+1;/p-1/t14-,15-,19-,20-;/m0./s1. The summed E-state index contributed by atoms with van der Waals surface area (Å²) in [7, 11) is -4.94. The summed E-state index contributed by atoms with van der Waals surface area (Å²) in [5, 5.41) is 0. The molecular weight excluding hydrogens is 410 g/mol. The van der Waals surface area contributed by atoms with Crippen molar-refractivity contribution in [2.75, 3.05) is 0 Å². The molecule has 1 fully saturated rings. The molecule has 0 unspecified atom stereocenters. The van der Waals surface area contributed by atoms with Crippen LogP contribution in [0.3, 0.4) is 0 Å². The molecule has 3 aliphatic heterocycles. The lowest BCUT2D eigenvalue weighted by Crippen LogP contribution is -2.73. The monoisotopic (exact) mass is 435 g/mol. The third-order valence-corrected chi connectivity index (χ3v) is 6.48. The highest BCUT2D eigenvalue weighted by atomic mass is 35.7. The molecule has 1 spiro atoms. The molecule has 1 aliphatic carbocycles. The minimum absolute atomic E-state index is 0.0927. The first-order valence-corrected chi connectivity index (χ1v) is 11.3. The molecular formula is C22H26ClNO6. The van der Waals surface area contributed by atoms with Gasteiger partial charge in [-0.15, -0.1) is 10.2 Å². The maximum atomic E-state index is 8.49. The predicted octanol–water partition coefficient (Wildman–Crippen LogP) is -0.797. The minimum atomic E-state index is -4.94. The van der Waals surface area contributed by atoms with E-state index in [2.05, 4.69) is 80.9 Å². The molecule has 162 valence electrons. The predicted molar refractivity (Wildman–Crippen MR) is 95.3 cm³/mol. The number of rotatable bonds is 0. The molecule has 1 aromatic carbocycles. The average Bonchev–Trinajstić information content (AvgIpc) is 2.62. The number of hydrogen-bond donors (Lipinski definition) is 0. The Bertz CT molecular complexity index is 880. The van der Waals surface area contributed by atoms with Crippen LogP contribution in [0.25, 0.3) is 0 Å². The summed E-state index contributed by atoms with van der Waals surface area (Å²) in [4.78, 5) is 0. The van der Waals surface area contributed by atoms with E-state index in [1.807, 2.05) is 0 Å². The van der Waals surface area contributed by atoms with Crippen molar-refractivity contribution in [3.05, 3.63) is 65.5 Å². The van der Waals surface area contributed by atoms with Gasteiger partial charge in [0.15, 0.2) is 23.7 Å². The van der Waals surface area contributed by atoms with E-state index in [9.17, 15) is 0 Å². The van der Waals surface area contributed by atoms with E-state index in [1.54, 1.807) is 0 Å². The van der Waals surface area contributed by atoms with Gasteiger partial charge in [-0.1, -0.05) is 30.3 Å². The topological polar surface area (TPSA) is 115 Å². The first kappa shape index (κ1) is 21.6. The number of halogens is 1. The largest absolute Gasteiger partial charge is 0.345 e. The molecule has 4 atom stereocenters. The van der Waals surface area contributed by atoms with Gasteiger partial charge >= 0.3 is 0 Å². The Hall–Kier alpha value is -1.58. The van der Waals surface area contributed by atoms with E-state index in [-0.39, 0.29) is 29.6 Å². The van der Waals surface area contributed by atoms with Crippen LogP contribution in [0.4, 0.5) is 0 Å². The molecule has 30 heavy (non-hydrogen) atoms. The fourth-order valence-corrected chi connectivity index (χ4v) is 5.61. The summed E-state index contributed by atoms with van der Waals surface area (Å²) in [6.07, 6.45) is 3.57. The number of hydrogen-bond acceptors (Lipinski definition) is 6. The zero-order chi connectivity index (χ0) is 21.9. The van der Waals surface area contributed by atoms with Crippen molar-refractivity contribution in [2.24, 2.45) is 5.41 Å². The lowest BCUT2D eigenvalue weighted by Gasteiger charge is -2.60. The van der Waals surface area contributed by atoms with Crippen LogP contribution in [0.5, 0.6) is 0 Å². The second-order valence-corrected chi connectivity index (χ2v) is 9.61. The highest BCUT2D eigenvalue weighted by molar-refractivity contribution is 5.46. The van der Waals surface area contributed by atoms with E-state index in [1.165, 1.54) is 16.8 Å². The van der Waals surface area contributed by atoms with Gasteiger partial charge in [0.1, 0.15) is 5.92 Å². The Morgan fingerprint density at radius 1 is 0.900 bits per heavy atom. The van der Waals surface area contributed by atoms with E-state index >= 15 is 0 Å². The number of aromatic nitrogens is 1. The lowest BCUT2D eigenvalue weighted by molar-refractivity contribution is -2.00. The summed E-state index contributed by atoms with van der Waals surface area (Å²) < 4.78 is 49.8. The van der Waals surface area contributed by atoms with Crippen LogP contribution in [0.1, 0.15) is 62.9 Å². The third-order valence-electron chi connectivity index (χ3n) is 6.48. The number of ether oxygens (including phenoxy) is 2. The highest BCUT2D eigenvalue weighted by Crippen LogP contribution is 2.63. The fourth-order valence-electron chi connectivity index (χ4n) is 5.61. The van der Waals surface area contributed by atoms with Gasteiger partial charge in [0.05, 0.1) is 17.6 Å². The molecule has 0 radical (unpaired) electrons. The van der Waals surface area contributed by atoms with Gasteiger partial charge in [-0.2, -0.15) is 4.57 Å². The molecule has 2 bridgehead atoms. The van der Waals surface area contributed by atoms with Crippen molar-refractivity contribution in [1.29, 1.82) is 0 Å². The molecule has 0 amide bonds. The molecule has 0 saturated carbocycles. The number of nitrogens with zero attached hydrogens (tertiary/aromatic N) is 1. The maximum absolute atomic E-state index is 8.49. The molecule has 6 rings (SSSR count). The molecule has 1 aromatic heterocycles. The smallest absolute Gasteiger partial charge is 0.197 e. The third kappa shape index (κ3) is 3.35. The summed E-state index contributed by atoms with van der Waals surface area (Å²) >= 11 is 0. The normalized spacial score (nSPS) is 33.3. The Morgan fingerprint density at radius 2 is 1.43 bits per heavy atom. The second-order valence-electron chi connectivity index (χ2n) is 8.86. The lowest BCUT2D eigenvalue weighted by atomic mass is 9.57. The van der Waals surface area contributed by atoms with Gasteiger partial charge < -0.3 is 9.47 Å². The van der Waals surface area contributed by atoms with Gasteiger partial charge in [0.25, 0.3) is 0 Å².